The lowest BCUT2D eigenvalue weighted by Gasteiger charge is -2.26. The highest BCUT2D eigenvalue weighted by Gasteiger charge is 2.27. The molecule has 2 rings (SSSR count). The Morgan fingerprint density at radius 1 is 1.00 bits per heavy atom. The van der Waals surface area contributed by atoms with Crippen molar-refractivity contribution in [3.8, 4) is 11.5 Å². The van der Waals surface area contributed by atoms with Crippen molar-refractivity contribution < 1.29 is 34.1 Å². The monoisotopic (exact) mass is 458 g/mol. The van der Waals surface area contributed by atoms with Gasteiger partial charge in [-0.15, -0.1) is 0 Å². The second-order valence-corrected chi connectivity index (χ2v) is 7.36. The normalized spacial score (nSPS) is 13.3. The van der Waals surface area contributed by atoms with Crippen molar-refractivity contribution in [2.45, 2.75) is 26.9 Å². The maximum atomic E-state index is 12.7. The highest BCUT2D eigenvalue weighted by atomic mass is 16.6. The first-order chi connectivity index (χ1) is 15.8. The average Bonchev–Trinajstić information content (AvgIpc) is 2.85. The number of hydroxylamine groups is 1. The molecule has 33 heavy (non-hydrogen) atoms. The predicted molar refractivity (Wildman–Crippen MR) is 122 cm³/mol. The summed E-state index contributed by atoms with van der Waals surface area (Å²) in [5.41, 5.74) is 3.80. The van der Waals surface area contributed by atoms with Crippen molar-refractivity contribution in [3.63, 3.8) is 0 Å². The highest BCUT2D eigenvalue weighted by molar-refractivity contribution is 5.92. The lowest BCUT2D eigenvalue weighted by atomic mass is 9.88. The standard InChI is InChI=1S/C24H30N2O7/c1-15(17(3)23(28)26-30)16(2)22(18-5-9-21(10-6-18)32-14-13-27)33-24(29)25-19-7-11-20(31-4)12-8-19/h5-12,16,22,27,30H,13-14H2,1-4H3,(H,25,29)(H,26,28)/b17-15+/t16-,22+/m0/s1. The molecule has 4 N–H and O–H groups in total. The van der Waals surface area contributed by atoms with Crippen molar-refractivity contribution in [2.75, 3.05) is 25.6 Å². The third-order valence-corrected chi connectivity index (χ3v) is 5.31. The van der Waals surface area contributed by atoms with E-state index in [2.05, 4.69) is 5.32 Å². The second-order valence-electron chi connectivity index (χ2n) is 7.36. The third kappa shape index (κ3) is 7.23. The number of hydrogen-bond donors (Lipinski definition) is 4. The first-order valence-corrected chi connectivity index (χ1v) is 10.4. The van der Waals surface area contributed by atoms with Gasteiger partial charge in [0.15, 0.2) is 0 Å². The fraction of sp³-hybridized carbons (Fsp3) is 0.333. The number of ether oxygens (including phenoxy) is 3. The molecule has 0 fully saturated rings. The van der Waals surface area contributed by atoms with Gasteiger partial charge in [0.25, 0.3) is 5.91 Å². The number of carbonyl (C=O) groups is 2. The predicted octanol–water partition coefficient (Wildman–Crippen LogP) is 3.83. The first-order valence-electron chi connectivity index (χ1n) is 10.4. The maximum absolute atomic E-state index is 12.7. The Hall–Kier alpha value is -3.56. The van der Waals surface area contributed by atoms with Crippen LogP contribution in [-0.2, 0) is 9.53 Å². The molecule has 0 radical (unpaired) electrons. The Bertz CT molecular complexity index is 956. The van der Waals surface area contributed by atoms with Crippen LogP contribution in [0.4, 0.5) is 10.5 Å². The molecule has 0 aliphatic rings. The Labute approximate surface area is 192 Å². The van der Waals surface area contributed by atoms with E-state index in [0.29, 0.717) is 33.9 Å². The summed E-state index contributed by atoms with van der Waals surface area (Å²) in [5.74, 6) is 0.189. The Kier molecular flexibility index (Phi) is 9.71. The summed E-state index contributed by atoms with van der Waals surface area (Å²) < 4.78 is 16.3. The molecule has 0 bridgehead atoms. The number of benzene rings is 2. The van der Waals surface area contributed by atoms with Crippen LogP contribution in [0, 0.1) is 5.92 Å². The SMILES string of the molecule is COc1ccc(NC(=O)O[C@@H](c2ccc(OCCO)cc2)[C@@H](C)/C(C)=C(\C)C(=O)NO)cc1. The molecule has 2 aromatic carbocycles. The second kappa shape index (κ2) is 12.5. The minimum atomic E-state index is -0.739. The van der Waals surface area contributed by atoms with E-state index in [4.69, 9.17) is 24.5 Å². The molecule has 2 aromatic rings. The molecule has 9 nitrogen and oxygen atoms in total. The van der Waals surface area contributed by atoms with E-state index in [-0.39, 0.29) is 13.2 Å². The number of methoxy groups -OCH3 is 1. The van der Waals surface area contributed by atoms with Crippen LogP contribution >= 0.6 is 0 Å². The smallest absolute Gasteiger partial charge is 0.412 e. The van der Waals surface area contributed by atoms with Crippen LogP contribution in [0.3, 0.4) is 0 Å². The Morgan fingerprint density at radius 3 is 2.15 bits per heavy atom. The summed E-state index contributed by atoms with van der Waals surface area (Å²) in [6.45, 7) is 5.21. The van der Waals surface area contributed by atoms with Crippen LogP contribution < -0.4 is 20.3 Å². The summed E-state index contributed by atoms with van der Waals surface area (Å²) in [4.78, 5) is 24.6. The number of nitrogens with one attached hydrogen (secondary N) is 2. The molecule has 178 valence electrons. The Balaban J connectivity index is 2.28. The summed E-state index contributed by atoms with van der Waals surface area (Å²) in [6.07, 6.45) is -1.41. The molecular weight excluding hydrogens is 428 g/mol. The number of amides is 2. The third-order valence-electron chi connectivity index (χ3n) is 5.31. The number of hydrogen-bond acceptors (Lipinski definition) is 7. The van der Waals surface area contributed by atoms with E-state index >= 15 is 0 Å². The molecule has 0 saturated heterocycles. The molecule has 0 unspecified atom stereocenters. The number of aliphatic hydroxyl groups excluding tert-OH is 1. The molecule has 0 saturated carbocycles. The van der Waals surface area contributed by atoms with Crippen molar-refractivity contribution in [2.24, 2.45) is 5.92 Å². The van der Waals surface area contributed by atoms with E-state index in [0.717, 1.165) is 0 Å². The topological polar surface area (TPSA) is 126 Å². The van der Waals surface area contributed by atoms with Gasteiger partial charge in [0.1, 0.15) is 24.2 Å². The summed E-state index contributed by atoms with van der Waals surface area (Å²) in [6, 6.07) is 13.7. The van der Waals surface area contributed by atoms with Crippen LogP contribution in [0.1, 0.15) is 32.4 Å². The van der Waals surface area contributed by atoms with Gasteiger partial charge in [0.05, 0.1) is 13.7 Å². The lowest BCUT2D eigenvalue weighted by molar-refractivity contribution is -0.125. The van der Waals surface area contributed by atoms with Gasteiger partial charge in [-0.3, -0.25) is 15.3 Å². The van der Waals surface area contributed by atoms with E-state index in [1.807, 2.05) is 6.92 Å². The quantitative estimate of drug-likeness (QED) is 0.242. The van der Waals surface area contributed by atoms with Gasteiger partial charge in [0, 0.05) is 17.2 Å². The zero-order chi connectivity index (χ0) is 24.4. The van der Waals surface area contributed by atoms with E-state index in [1.165, 1.54) is 0 Å². The number of anilines is 1. The van der Waals surface area contributed by atoms with Crippen molar-refractivity contribution >= 4 is 17.7 Å². The van der Waals surface area contributed by atoms with Gasteiger partial charge in [-0.05, 0) is 55.8 Å². The zero-order valence-corrected chi connectivity index (χ0v) is 19.1. The maximum Gasteiger partial charge on any atom is 0.412 e. The first kappa shape index (κ1) is 25.7. The van der Waals surface area contributed by atoms with E-state index in [9.17, 15) is 9.59 Å². The fourth-order valence-electron chi connectivity index (χ4n) is 3.14. The van der Waals surface area contributed by atoms with Crippen molar-refractivity contribution in [1.29, 1.82) is 0 Å². The van der Waals surface area contributed by atoms with Crippen LogP contribution in [0.5, 0.6) is 11.5 Å². The summed E-state index contributed by atoms with van der Waals surface area (Å²) in [7, 11) is 1.55. The summed E-state index contributed by atoms with van der Waals surface area (Å²) >= 11 is 0. The van der Waals surface area contributed by atoms with Crippen LogP contribution in [0.15, 0.2) is 59.7 Å². The molecule has 2 amide bonds. The van der Waals surface area contributed by atoms with Crippen molar-refractivity contribution in [3.05, 3.63) is 65.2 Å². The molecule has 0 aromatic heterocycles. The molecule has 0 aliphatic heterocycles. The lowest BCUT2D eigenvalue weighted by Crippen LogP contribution is -2.25. The average molecular weight is 459 g/mol. The summed E-state index contributed by atoms with van der Waals surface area (Å²) in [5, 5.41) is 20.6. The molecule has 9 heteroatoms. The van der Waals surface area contributed by atoms with Gasteiger partial charge in [-0.2, -0.15) is 0 Å². The Morgan fingerprint density at radius 2 is 1.61 bits per heavy atom. The van der Waals surface area contributed by atoms with Crippen LogP contribution in [0.25, 0.3) is 0 Å². The van der Waals surface area contributed by atoms with Gasteiger partial charge in [-0.1, -0.05) is 24.6 Å². The molecule has 0 heterocycles. The number of carbonyl (C=O) groups excluding carboxylic acids is 2. The van der Waals surface area contributed by atoms with Gasteiger partial charge >= 0.3 is 6.09 Å². The molecule has 0 spiro atoms. The van der Waals surface area contributed by atoms with E-state index in [1.54, 1.807) is 75.0 Å². The van der Waals surface area contributed by atoms with Gasteiger partial charge in [-0.25, -0.2) is 10.3 Å². The zero-order valence-electron chi connectivity index (χ0n) is 19.1. The molecule has 2 atom stereocenters. The number of rotatable bonds is 10. The van der Waals surface area contributed by atoms with Crippen molar-refractivity contribution in [1.82, 2.24) is 5.48 Å². The number of aliphatic hydroxyl groups is 1. The van der Waals surface area contributed by atoms with Crippen LogP contribution in [-0.4, -0.2) is 42.6 Å². The molecule has 0 aliphatic carbocycles. The van der Waals surface area contributed by atoms with Gasteiger partial charge in [0.2, 0.25) is 0 Å². The fourth-order valence-corrected chi connectivity index (χ4v) is 3.14. The molecular formula is C24H30N2O7. The highest BCUT2D eigenvalue weighted by Crippen LogP contribution is 2.34. The van der Waals surface area contributed by atoms with Crippen LogP contribution in [0.2, 0.25) is 0 Å². The van der Waals surface area contributed by atoms with Gasteiger partial charge < -0.3 is 19.3 Å². The minimum absolute atomic E-state index is 0.105. The largest absolute Gasteiger partial charge is 0.497 e. The minimum Gasteiger partial charge on any atom is -0.497 e. The van der Waals surface area contributed by atoms with E-state index < -0.39 is 24.0 Å².